The van der Waals surface area contributed by atoms with Crippen LogP contribution in [0.2, 0.25) is 0 Å². The Hall–Kier alpha value is -2.59. The summed E-state index contributed by atoms with van der Waals surface area (Å²) in [6.45, 7) is 19.1. The molecule has 1 aromatic rings. The number of imidazole rings is 1. The highest BCUT2D eigenvalue weighted by Gasteiger charge is 2.74. The van der Waals surface area contributed by atoms with E-state index >= 15 is 4.79 Å². The molecule has 7 aliphatic carbocycles. The van der Waals surface area contributed by atoms with Crippen molar-refractivity contribution >= 4 is 17.8 Å². The lowest BCUT2D eigenvalue weighted by Gasteiger charge is -2.73. The number of halogens is 3. The number of aromatic nitrogens is 2. The van der Waals surface area contributed by atoms with Gasteiger partial charge in [-0.15, -0.1) is 0 Å². The van der Waals surface area contributed by atoms with Crippen LogP contribution in [0.4, 0.5) is 13.2 Å². The average Bonchev–Trinajstić information content (AvgIpc) is 3.54. The molecule has 0 spiro atoms. The minimum absolute atomic E-state index is 0.0448. The fourth-order valence-electron chi connectivity index (χ4n) is 16.7. The van der Waals surface area contributed by atoms with E-state index in [0.29, 0.717) is 43.1 Å². The van der Waals surface area contributed by atoms with E-state index in [-0.39, 0.29) is 56.8 Å². The maximum absolute atomic E-state index is 15.4. The number of nitrogens with zero attached hydrogens (tertiary/aromatic N) is 2. The molecule has 0 unspecified atom stereocenters. The number of likely N-dealkylation sites (tertiary alicyclic amines) is 1. The highest BCUT2D eigenvalue weighted by atomic mass is 19.4. The minimum atomic E-state index is -4.51. The van der Waals surface area contributed by atoms with Gasteiger partial charge in [-0.1, -0.05) is 55.4 Å². The van der Waals surface area contributed by atoms with Gasteiger partial charge in [-0.2, -0.15) is 13.2 Å². The molecule has 1 amide bonds. The van der Waals surface area contributed by atoms with E-state index < -0.39 is 46.5 Å². The summed E-state index contributed by atoms with van der Waals surface area (Å²) in [7, 11) is 0. The lowest BCUT2D eigenvalue weighted by Crippen LogP contribution is -2.67. The number of carbonyl (C=O) groups is 3. The van der Waals surface area contributed by atoms with Crippen LogP contribution in [0.3, 0.4) is 0 Å². The quantitative estimate of drug-likeness (QED) is 0.277. The van der Waals surface area contributed by atoms with Gasteiger partial charge in [0, 0.05) is 12.0 Å². The van der Waals surface area contributed by atoms with E-state index in [0.717, 1.165) is 76.8 Å². The molecule has 0 bridgehead atoms. The number of carboxylic acids is 1. The number of amides is 1. The number of hydrogen-bond acceptors (Lipinski definition) is 5. The number of aromatic amines is 1. The molecule has 1 aromatic heterocycles. The van der Waals surface area contributed by atoms with Crippen molar-refractivity contribution in [1.82, 2.24) is 14.9 Å². The second-order valence-corrected chi connectivity index (χ2v) is 23.3. The highest BCUT2D eigenvalue weighted by Crippen LogP contribution is 2.79. The van der Waals surface area contributed by atoms with E-state index in [9.17, 15) is 27.9 Å². The Labute approximate surface area is 343 Å². The van der Waals surface area contributed by atoms with Crippen LogP contribution in [0.5, 0.6) is 0 Å². The molecule has 8 aliphatic rings. The zero-order valence-electron chi connectivity index (χ0n) is 36.2. The maximum atomic E-state index is 15.4. The molecule has 322 valence electrons. The third-order valence-electron chi connectivity index (χ3n) is 20.6. The topological polar surface area (TPSA) is 113 Å². The number of alkyl halides is 3. The molecule has 13 atom stereocenters. The largest absolute Gasteiger partial charge is 0.481 e. The molecule has 0 radical (unpaired) electrons. The lowest BCUT2D eigenvalue weighted by atomic mass is 9.32. The van der Waals surface area contributed by atoms with Gasteiger partial charge in [-0.25, -0.2) is 4.98 Å². The number of aliphatic carboxylic acids is 1. The summed E-state index contributed by atoms with van der Waals surface area (Å²) < 4.78 is 47.4. The first-order chi connectivity index (χ1) is 27.0. The number of H-pyrrole nitrogens is 1. The van der Waals surface area contributed by atoms with Crippen LogP contribution in [0.15, 0.2) is 6.20 Å². The van der Waals surface area contributed by atoms with Crippen molar-refractivity contribution in [2.24, 2.45) is 79.3 Å². The second kappa shape index (κ2) is 12.7. The Morgan fingerprint density at radius 3 is 2.16 bits per heavy atom. The first-order valence-electron chi connectivity index (χ1n) is 22.8. The summed E-state index contributed by atoms with van der Waals surface area (Å²) >= 11 is 0. The van der Waals surface area contributed by atoms with Gasteiger partial charge >= 0.3 is 18.1 Å². The standard InChI is InChI=1S/C47H68F3N3O5/c1-40(2)28(37(54)55)24-29(40)38(56)58-34-15-16-43(6)31(41(34,3)4)14-17-45(8)32(43)12-11-27-35-26(42(5)19-20-42)13-18-46(35,22-21-44(27,45)7)39(57)53-23-9-10-30(53)36-51-25-33(52-36)47(48,49)50/h25-32,34-35H,9-24H2,1-8H3,(H,51,52)(H,54,55)/t26-,27-,28+,29-,30+,31+,32-,34+,35-,43+,44-,45-,46+/m1/s1. The Bertz CT molecular complexity index is 1870. The smallest absolute Gasteiger partial charge is 0.432 e. The van der Waals surface area contributed by atoms with E-state index in [4.69, 9.17) is 4.74 Å². The van der Waals surface area contributed by atoms with Crippen LogP contribution >= 0.6 is 0 Å². The zero-order chi connectivity index (χ0) is 41.8. The van der Waals surface area contributed by atoms with Crippen LogP contribution in [0, 0.1) is 79.3 Å². The number of carboxylic acid groups (broad SMARTS) is 1. The predicted octanol–water partition coefficient (Wildman–Crippen LogP) is 10.6. The van der Waals surface area contributed by atoms with Crippen LogP contribution in [0.1, 0.15) is 169 Å². The monoisotopic (exact) mass is 812 g/mol. The molecule has 2 N–H and O–H groups in total. The summed E-state index contributed by atoms with van der Waals surface area (Å²) in [6.07, 6.45) is 10.3. The zero-order valence-corrected chi connectivity index (χ0v) is 36.2. The van der Waals surface area contributed by atoms with Gasteiger partial charge in [0.05, 0.1) is 29.5 Å². The van der Waals surface area contributed by atoms with Gasteiger partial charge in [0.25, 0.3) is 0 Å². The normalized spacial score (nSPS) is 45.8. The number of fused-ring (bicyclic) bond motifs is 7. The van der Waals surface area contributed by atoms with Crippen molar-refractivity contribution < 1.29 is 37.4 Å². The molecule has 7 saturated carbocycles. The van der Waals surface area contributed by atoms with Crippen molar-refractivity contribution in [3.05, 3.63) is 17.7 Å². The van der Waals surface area contributed by atoms with E-state index in [1.807, 2.05) is 18.7 Å². The third-order valence-corrected chi connectivity index (χ3v) is 20.6. The molecule has 1 aliphatic heterocycles. The number of ether oxygens (including phenoxy) is 1. The summed E-state index contributed by atoms with van der Waals surface area (Å²) in [6, 6.07) is -0.453. The number of esters is 1. The van der Waals surface area contributed by atoms with Gasteiger partial charge in [-0.05, 0) is 153 Å². The number of rotatable bonds is 6. The van der Waals surface area contributed by atoms with Gasteiger partial charge in [0.15, 0.2) is 0 Å². The Morgan fingerprint density at radius 1 is 0.793 bits per heavy atom. The van der Waals surface area contributed by atoms with E-state index in [1.165, 1.54) is 12.8 Å². The van der Waals surface area contributed by atoms with Gasteiger partial charge in [0.1, 0.15) is 17.6 Å². The SMILES string of the molecule is CC1([C@@H]2CC[C@]3(C(=O)N4CCC[C@H]4c4ncc(C(F)(F)F)[nH]4)CC[C@]4(C)[C@H](CC[C@@H]5[C@@]6(C)CC[C@H](OC(=O)[C@H]7C[C@@H](C(=O)O)C7(C)C)C(C)(C)[C@@H]6CC[C@]54C)[C@@H]23)CC1. The Morgan fingerprint density at radius 2 is 1.52 bits per heavy atom. The van der Waals surface area contributed by atoms with Crippen LogP contribution in [-0.4, -0.2) is 50.5 Å². The van der Waals surface area contributed by atoms with Gasteiger partial charge in [0.2, 0.25) is 5.91 Å². The van der Waals surface area contributed by atoms with Crippen molar-refractivity contribution in [2.45, 2.75) is 170 Å². The Kier molecular flexibility index (Phi) is 8.96. The first-order valence-corrected chi connectivity index (χ1v) is 22.8. The maximum Gasteiger partial charge on any atom is 0.432 e. The molecule has 0 aromatic carbocycles. The fourth-order valence-corrected chi connectivity index (χ4v) is 16.7. The van der Waals surface area contributed by atoms with Crippen LogP contribution < -0.4 is 0 Å². The van der Waals surface area contributed by atoms with Crippen molar-refractivity contribution in [3.8, 4) is 0 Å². The van der Waals surface area contributed by atoms with Crippen LogP contribution in [-0.2, 0) is 25.3 Å². The number of hydrogen-bond donors (Lipinski definition) is 2. The molecule has 58 heavy (non-hydrogen) atoms. The number of nitrogens with one attached hydrogen (secondary N) is 1. The summed E-state index contributed by atoms with van der Waals surface area (Å²) in [5.74, 6) is 0.485. The Balaban J connectivity index is 0.983. The van der Waals surface area contributed by atoms with E-state index in [1.54, 1.807) is 0 Å². The second-order valence-electron chi connectivity index (χ2n) is 23.3. The predicted molar refractivity (Wildman–Crippen MR) is 212 cm³/mol. The number of carbonyl (C=O) groups excluding carboxylic acids is 2. The summed E-state index contributed by atoms with van der Waals surface area (Å²) in [5.41, 5.74) is -1.75. The highest BCUT2D eigenvalue weighted by molar-refractivity contribution is 5.85. The summed E-state index contributed by atoms with van der Waals surface area (Å²) in [4.78, 5) is 49.6. The van der Waals surface area contributed by atoms with Gasteiger partial charge < -0.3 is 19.7 Å². The molecule has 9 rings (SSSR count). The molecule has 11 heteroatoms. The van der Waals surface area contributed by atoms with Crippen LogP contribution in [0.25, 0.3) is 0 Å². The molecule has 8 nitrogen and oxygen atoms in total. The third kappa shape index (κ3) is 5.43. The molecule has 1 saturated heterocycles. The minimum Gasteiger partial charge on any atom is -0.481 e. The van der Waals surface area contributed by atoms with Crippen molar-refractivity contribution in [3.63, 3.8) is 0 Å². The van der Waals surface area contributed by atoms with Crippen molar-refractivity contribution in [1.29, 1.82) is 0 Å². The van der Waals surface area contributed by atoms with Gasteiger partial charge in [-0.3, -0.25) is 14.4 Å². The first kappa shape index (κ1) is 40.8. The molecular weight excluding hydrogens is 744 g/mol. The average molecular weight is 812 g/mol. The molecule has 2 heterocycles. The van der Waals surface area contributed by atoms with Crippen molar-refractivity contribution in [2.75, 3.05) is 6.54 Å². The van der Waals surface area contributed by atoms with E-state index in [2.05, 4.69) is 51.5 Å². The summed E-state index contributed by atoms with van der Waals surface area (Å²) in [5, 5.41) is 9.68. The fraction of sp³-hybridized carbons (Fsp3) is 0.872. The lowest BCUT2D eigenvalue weighted by molar-refractivity contribution is -0.253. The molecular formula is C47H68F3N3O5. The molecule has 8 fully saturated rings.